The zero-order chi connectivity index (χ0) is 9.97. The van der Waals surface area contributed by atoms with Gasteiger partial charge in [-0.15, -0.1) is 12.6 Å². The molecule has 1 aromatic carbocycles. The summed E-state index contributed by atoms with van der Waals surface area (Å²) in [5, 5.41) is 4.25. The summed E-state index contributed by atoms with van der Waals surface area (Å²) < 4.78 is 0. The molecule has 0 radical (unpaired) electrons. The van der Waals surface area contributed by atoms with Crippen LogP contribution in [-0.2, 0) is 0 Å². The molecule has 14 heavy (non-hydrogen) atoms. The van der Waals surface area contributed by atoms with E-state index in [0.717, 1.165) is 22.7 Å². The molecule has 0 saturated carbocycles. The van der Waals surface area contributed by atoms with Crippen LogP contribution in [0.3, 0.4) is 0 Å². The van der Waals surface area contributed by atoms with E-state index in [2.05, 4.69) is 36.2 Å². The molecule has 3 heteroatoms. The van der Waals surface area contributed by atoms with Crippen LogP contribution in [0, 0.1) is 0 Å². The number of thiol groups is 1. The van der Waals surface area contributed by atoms with Crippen LogP contribution in [-0.4, -0.2) is 12.3 Å². The van der Waals surface area contributed by atoms with Gasteiger partial charge in [0.2, 0.25) is 0 Å². The highest BCUT2D eigenvalue weighted by molar-refractivity contribution is 7.80. The maximum atomic E-state index is 4.30. The second kappa shape index (κ2) is 3.88. The summed E-state index contributed by atoms with van der Waals surface area (Å²) in [6.45, 7) is 2.93. The van der Waals surface area contributed by atoms with Crippen molar-refractivity contribution in [2.75, 3.05) is 6.54 Å². The molecule has 1 aliphatic rings. The van der Waals surface area contributed by atoms with Crippen LogP contribution in [0.4, 0.5) is 0 Å². The highest BCUT2D eigenvalue weighted by Crippen LogP contribution is 2.12. The molecule has 0 fully saturated rings. The van der Waals surface area contributed by atoms with Gasteiger partial charge in [0, 0.05) is 10.5 Å². The Bertz CT molecular complexity index is 408. The van der Waals surface area contributed by atoms with Gasteiger partial charge in [-0.2, -0.15) is 5.10 Å². The SMILES string of the molecule is CC1=CC(c2cccc(S)c2)=NNC1. The molecule has 1 aromatic rings. The lowest BCUT2D eigenvalue weighted by molar-refractivity contribution is 0.788. The lowest BCUT2D eigenvalue weighted by atomic mass is 10.1. The summed E-state index contributed by atoms with van der Waals surface area (Å²) in [4.78, 5) is 0.960. The molecule has 0 aromatic heterocycles. The van der Waals surface area contributed by atoms with E-state index in [1.807, 2.05) is 24.3 Å². The molecular formula is C11H12N2S. The molecule has 0 amide bonds. The zero-order valence-electron chi connectivity index (χ0n) is 7.99. The maximum absolute atomic E-state index is 4.30. The van der Waals surface area contributed by atoms with Crippen LogP contribution in [0.1, 0.15) is 12.5 Å². The third kappa shape index (κ3) is 1.99. The summed E-state index contributed by atoms with van der Waals surface area (Å²) >= 11 is 4.30. The summed E-state index contributed by atoms with van der Waals surface area (Å²) in [5.41, 5.74) is 6.37. The second-order valence-electron chi connectivity index (χ2n) is 3.37. The van der Waals surface area contributed by atoms with Crippen molar-refractivity contribution in [3.8, 4) is 0 Å². The van der Waals surface area contributed by atoms with Gasteiger partial charge in [-0.05, 0) is 25.1 Å². The van der Waals surface area contributed by atoms with Gasteiger partial charge >= 0.3 is 0 Å². The fourth-order valence-corrected chi connectivity index (χ4v) is 1.60. The largest absolute Gasteiger partial charge is 0.305 e. The number of benzene rings is 1. The molecule has 0 bridgehead atoms. The van der Waals surface area contributed by atoms with Crippen LogP contribution in [0.2, 0.25) is 0 Å². The van der Waals surface area contributed by atoms with Crippen molar-refractivity contribution in [3.05, 3.63) is 41.5 Å². The molecule has 72 valence electrons. The van der Waals surface area contributed by atoms with E-state index in [1.54, 1.807) is 0 Å². The number of rotatable bonds is 1. The standard InChI is InChI=1S/C11H12N2S/c1-8-5-11(13-12-7-8)9-3-2-4-10(14)6-9/h2-6,12,14H,7H2,1H3. The average molecular weight is 204 g/mol. The third-order valence-electron chi connectivity index (χ3n) is 2.08. The molecule has 1 aliphatic heterocycles. The van der Waals surface area contributed by atoms with Gasteiger partial charge in [-0.25, -0.2) is 0 Å². The van der Waals surface area contributed by atoms with Crippen molar-refractivity contribution < 1.29 is 0 Å². The first-order valence-corrected chi connectivity index (χ1v) is 4.97. The molecule has 0 atom stereocenters. The van der Waals surface area contributed by atoms with Crippen molar-refractivity contribution in [3.63, 3.8) is 0 Å². The van der Waals surface area contributed by atoms with Crippen molar-refractivity contribution in [1.29, 1.82) is 0 Å². The van der Waals surface area contributed by atoms with Gasteiger partial charge in [-0.3, -0.25) is 0 Å². The van der Waals surface area contributed by atoms with E-state index in [4.69, 9.17) is 0 Å². The quantitative estimate of drug-likeness (QED) is 0.674. The minimum absolute atomic E-state index is 0.837. The average Bonchev–Trinajstić information content (AvgIpc) is 2.18. The Morgan fingerprint density at radius 1 is 1.43 bits per heavy atom. The molecule has 0 unspecified atom stereocenters. The Morgan fingerprint density at radius 3 is 3.00 bits per heavy atom. The van der Waals surface area contributed by atoms with Crippen LogP contribution in [0.25, 0.3) is 0 Å². The number of allylic oxidation sites excluding steroid dienone is 1. The van der Waals surface area contributed by atoms with Crippen molar-refractivity contribution in [1.82, 2.24) is 5.43 Å². The zero-order valence-corrected chi connectivity index (χ0v) is 8.88. The first-order valence-electron chi connectivity index (χ1n) is 4.53. The molecule has 0 spiro atoms. The minimum Gasteiger partial charge on any atom is -0.305 e. The molecule has 2 nitrogen and oxygen atoms in total. The Kier molecular flexibility index (Phi) is 2.59. The number of hydrogen-bond donors (Lipinski definition) is 2. The van der Waals surface area contributed by atoms with E-state index in [-0.39, 0.29) is 0 Å². The fourth-order valence-electron chi connectivity index (χ4n) is 1.38. The van der Waals surface area contributed by atoms with Crippen molar-refractivity contribution in [2.24, 2.45) is 5.10 Å². The normalized spacial score (nSPS) is 15.6. The molecule has 1 heterocycles. The Balaban J connectivity index is 2.36. The molecular weight excluding hydrogens is 192 g/mol. The topological polar surface area (TPSA) is 24.4 Å². The van der Waals surface area contributed by atoms with E-state index < -0.39 is 0 Å². The summed E-state index contributed by atoms with van der Waals surface area (Å²) in [5.74, 6) is 0. The monoisotopic (exact) mass is 204 g/mol. The van der Waals surface area contributed by atoms with Crippen LogP contribution in [0.5, 0.6) is 0 Å². The van der Waals surface area contributed by atoms with Gasteiger partial charge in [0.05, 0.1) is 12.3 Å². The van der Waals surface area contributed by atoms with Gasteiger partial charge in [0.15, 0.2) is 0 Å². The first kappa shape index (κ1) is 9.34. The highest BCUT2D eigenvalue weighted by Gasteiger charge is 2.05. The Hall–Kier alpha value is -1.22. The number of nitrogens with zero attached hydrogens (tertiary/aromatic N) is 1. The van der Waals surface area contributed by atoms with E-state index >= 15 is 0 Å². The van der Waals surface area contributed by atoms with E-state index in [9.17, 15) is 0 Å². The predicted octanol–water partition coefficient (Wildman–Crippen LogP) is 2.23. The molecule has 0 aliphatic carbocycles. The molecule has 1 N–H and O–H groups in total. The van der Waals surface area contributed by atoms with Gasteiger partial charge in [-0.1, -0.05) is 17.7 Å². The van der Waals surface area contributed by atoms with Crippen molar-refractivity contribution in [2.45, 2.75) is 11.8 Å². The lowest BCUT2D eigenvalue weighted by Gasteiger charge is -2.11. The summed E-state index contributed by atoms with van der Waals surface area (Å²) in [7, 11) is 0. The highest BCUT2D eigenvalue weighted by atomic mass is 32.1. The smallest absolute Gasteiger partial charge is 0.0902 e. The van der Waals surface area contributed by atoms with Gasteiger partial charge in [0.25, 0.3) is 0 Å². The fraction of sp³-hybridized carbons (Fsp3) is 0.182. The summed E-state index contributed by atoms with van der Waals surface area (Å²) in [6.07, 6.45) is 2.10. The third-order valence-corrected chi connectivity index (χ3v) is 2.36. The minimum atomic E-state index is 0.837. The van der Waals surface area contributed by atoms with Crippen LogP contribution < -0.4 is 5.43 Å². The van der Waals surface area contributed by atoms with Gasteiger partial charge in [0.1, 0.15) is 0 Å². The number of hydrogen-bond acceptors (Lipinski definition) is 3. The predicted molar refractivity (Wildman–Crippen MR) is 62.0 cm³/mol. The lowest BCUT2D eigenvalue weighted by Crippen LogP contribution is -2.18. The van der Waals surface area contributed by atoms with E-state index in [0.29, 0.717) is 0 Å². The molecule has 2 rings (SSSR count). The summed E-state index contributed by atoms with van der Waals surface area (Å²) in [6, 6.07) is 7.99. The van der Waals surface area contributed by atoms with E-state index in [1.165, 1.54) is 5.57 Å². The van der Waals surface area contributed by atoms with Crippen LogP contribution in [0.15, 0.2) is 45.9 Å². The van der Waals surface area contributed by atoms with Crippen molar-refractivity contribution >= 4 is 18.3 Å². The maximum Gasteiger partial charge on any atom is 0.0902 e. The second-order valence-corrected chi connectivity index (χ2v) is 3.89. The Labute approximate surface area is 89.1 Å². The van der Waals surface area contributed by atoms with Gasteiger partial charge < -0.3 is 5.43 Å². The first-order chi connectivity index (χ1) is 6.75. The Morgan fingerprint density at radius 2 is 2.29 bits per heavy atom. The van der Waals surface area contributed by atoms with Crippen LogP contribution >= 0.6 is 12.6 Å². The number of hydrazone groups is 1. The number of nitrogens with one attached hydrogen (secondary N) is 1. The molecule has 0 saturated heterocycles.